The van der Waals surface area contributed by atoms with Gasteiger partial charge in [0.25, 0.3) is 0 Å². The fourth-order valence-electron chi connectivity index (χ4n) is 2.76. The second-order valence-electron chi connectivity index (χ2n) is 4.68. The second-order valence-corrected chi connectivity index (χ2v) is 6.02. The number of carbonyl (C=O) groups is 1. The van der Waals surface area contributed by atoms with Crippen molar-refractivity contribution in [1.82, 2.24) is 0 Å². The summed E-state index contributed by atoms with van der Waals surface area (Å²) in [4.78, 5) is 13.2. The topological polar surface area (TPSA) is 54.5 Å². The normalized spacial score (nSPS) is 18.7. The Hall–Kier alpha value is -1.43. The molecule has 0 saturated heterocycles. The van der Waals surface area contributed by atoms with Gasteiger partial charge in [0.2, 0.25) is 5.91 Å². The Balaban J connectivity index is 2.24. The van der Waals surface area contributed by atoms with Gasteiger partial charge in [-0.05, 0) is 42.5 Å². The number of nitrogens with zero attached hydrogens (tertiary/aromatic N) is 1. The van der Waals surface area contributed by atoms with Crippen LogP contribution in [0.3, 0.4) is 0 Å². The molecule has 0 bridgehead atoms. The minimum Gasteiger partial charge on any atom is -0.312 e. The molecule has 1 aromatic carbocycles. The maximum atomic E-state index is 13.1. The average Bonchev–Trinajstić information content (AvgIpc) is 2.32. The summed E-state index contributed by atoms with van der Waals surface area (Å²) < 4.78 is 35.1. The number of anilines is 1. The molecule has 2 aliphatic heterocycles. The standard InChI is InChI=1S/C12H12FNO3S/c13-18(16,17)10-6-8-2-1-5-14-11(15)4-3-9(7-10)12(8)14/h6-7H,1-5H2. The zero-order chi connectivity index (χ0) is 12.9. The predicted octanol–water partition coefficient (Wildman–Crippen LogP) is 1.57. The van der Waals surface area contributed by atoms with Crippen LogP contribution in [0.4, 0.5) is 9.57 Å². The number of amides is 1. The van der Waals surface area contributed by atoms with Gasteiger partial charge in [-0.1, -0.05) is 0 Å². The van der Waals surface area contributed by atoms with E-state index in [2.05, 4.69) is 0 Å². The molecule has 0 spiro atoms. The smallest absolute Gasteiger partial charge is 0.312 e. The molecule has 0 aromatic heterocycles. The molecule has 18 heavy (non-hydrogen) atoms. The number of rotatable bonds is 1. The Morgan fingerprint density at radius 1 is 1.11 bits per heavy atom. The fourth-order valence-corrected chi connectivity index (χ4v) is 3.33. The Kier molecular flexibility index (Phi) is 2.45. The minimum atomic E-state index is -4.68. The van der Waals surface area contributed by atoms with Crippen molar-refractivity contribution >= 4 is 21.8 Å². The van der Waals surface area contributed by atoms with E-state index in [9.17, 15) is 17.1 Å². The molecule has 0 aliphatic carbocycles. The highest BCUT2D eigenvalue weighted by atomic mass is 32.3. The summed E-state index contributed by atoms with van der Waals surface area (Å²) in [6.45, 7) is 0.667. The molecule has 3 rings (SSSR count). The molecule has 1 aromatic rings. The molecule has 6 heteroatoms. The van der Waals surface area contributed by atoms with Crippen molar-refractivity contribution in [3.8, 4) is 0 Å². The van der Waals surface area contributed by atoms with E-state index in [1.165, 1.54) is 12.1 Å². The summed E-state index contributed by atoms with van der Waals surface area (Å²) in [5, 5.41) is 0. The van der Waals surface area contributed by atoms with Crippen molar-refractivity contribution in [3.05, 3.63) is 23.3 Å². The summed E-state index contributed by atoms with van der Waals surface area (Å²) in [5.74, 6) is 0.0688. The first-order valence-corrected chi connectivity index (χ1v) is 7.26. The van der Waals surface area contributed by atoms with Crippen LogP contribution in [0.15, 0.2) is 17.0 Å². The van der Waals surface area contributed by atoms with Crippen LogP contribution in [-0.4, -0.2) is 20.9 Å². The van der Waals surface area contributed by atoms with Gasteiger partial charge in [-0.2, -0.15) is 8.42 Å². The Morgan fingerprint density at radius 2 is 1.78 bits per heavy atom. The van der Waals surface area contributed by atoms with Gasteiger partial charge in [0.1, 0.15) is 0 Å². The SMILES string of the molecule is O=C1CCc2cc(S(=O)(=O)F)cc3c2N1CCC3. The molecule has 2 aliphatic rings. The van der Waals surface area contributed by atoms with Crippen LogP contribution in [0.25, 0.3) is 0 Å². The van der Waals surface area contributed by atoms with Gasteiger partial charge < -0.3 is 4.90 Å². The first-order valence-electron chi connectivity index (χ1n) is 5.87. The molecule has 0 N–H and O–H groups in total. The van der Waals surface area contributed by atoms with Crippen LogP contribution < -0.4 is 4.90 Å². The third-order valence-corrected chi connectivity index (χ3v) is 4.33. The van der Waals surface area contributed by atoms with Gasteiger partial charge in [0, 0.05) is 13.0 Å². The summed E-state index contributed by atoms with van der Waals surface area (Å²) in [6, 6.07) is 2.72. The highest BCUT2D eigenvalue weighted by Gasteiger charge is 2.31. The lowest BCUT2D eigenvalue weighted by molar-refractivity contribution is -0.119. The second kappa shape index (κ2) is 3.78. The zero-order valence-electron chi connectivity index (χ0n) is 9.65. The summed E-state index contributed by atoms with van der Waals surface area (Å²) in [7, 11) is -4.68. The Morgan fingerprint density at radius 3 is 2.44 bits per heavy atom. The fraction of sp³-hybridized carbons (Fsp3) is 0.417. The predicted molar refractivity (Wildman–Crippen MR) is 63.7 cm³/mol. The quantitative estimate of drug-likeness (QED) is 0.727. The first kappa shape index (κ1) is 11.6. The molecule has 0 fully saturated rings. The van der Waals surface area contributed by atoms with Crippen LogP contribution in [-0.2, 0) is 27.9 Å². The van der Waals surface area contributed by atoms with E-state index in [1.807, 2.05) is 0 Å². The first-order chi connectivity index (χ1) is 8.47. The largest absolute Gasteiger partial charge is 0.332 e. The molecular formula is C12H12FNO3S. The molecule has 0 atom stereocenters. The average molecular weight is 269 g/mol. The van der Waals surface area contributed by atoms with Gasteiger partial charge in [0.05, 0.1) is 10.6 Å². The zero-order valence-corrected chi connectivity index (χ0v) is 10.5. The Labute approximate surface area is 105 Å². The number of carbonyl (C=O) groups excluding carboxylic acids is 1. The van der Waals surface area contributed by atoms with Crippen LogP contribution in [0.5, 0.6) is 0 Å². The molecule has 0 unspecified atom stereocenters. The lowest BCUT2D eigenvalue weighted by atomic mass is 9.92. The molecule has 0 saturated carbocycles. The Bertz CT molecular complexity index is 622. The number of hydrogen-bond acceptors (Lipinski definition) is 3. The highest BCUT2D eigenvalue weighted by Crippen LogP contribution is 2.37. The molecular weight excluding hydrogens is 257 g/mol. The van der Waals surface area contributed by atoms with Gasteiger partial charge in [-0.3, -0.25) is 4.79 Å². The van der Waals surface area contributed by atoms with Crippen molar-refractivity contribution in [1.29, 1.82) is 0 Å². The monoisotopic (exact) mass is 269 g/mol. The van der Waals surface area contributed by atoms with Crippen LogP contribution in [0, 0.1) is 0 Å². The van der Waals surface area contributed by atoms with E-state index >= 15 is 0 Å². The highest BCUT2D eigenvalue weighted by molar-refractivity contribution is 7.86. The molecule has 4 nitrogen and oxygen atoms in total. The third kappa shape index (κ3) is 1.71. The summed E-state index contributed by atoms with van der Waals surface area (Å²) >= 11 is 0. The van der Waals surface area contributed by atoms with E-state index in [4.69, 9.17) is 0 Å². The molecule has 2 heterocycles. The van der Waals surface area contributed by atoms with Gasteiger partial charge >= 0.3 is 10.2 Å². The van der Waals surface area contributed by atoms with Crippen molar-refractivity contribution in [2.75, 3.05) is 11.4 Å². The van der Waals surface area contributed by atoms with Crippen molar-refractivity contribution in [2.45, 2.75) is 30.6 Å². The molecule has 96 valence electrons. The van der Waals surface area contributed by atoms with E-state index < -0.39 is 10.2 Å². The van der Waals surface area contributed by atoms with Crippen molar-refractivity contribution in [3.63, 3.8) is 0 Å². The third-order valence-electron chi connectivity index (χ3n) is 3.53. The van der Waals surface area contributed by atoms with Gasteiger partial charge in [-0.15, -0.1) is 3.89 Å². The molecule has 0 radical (unpaired) electrons. The number of aryl methyl sites for hydroxylation is 2. The van der Waals surface area contributed by atoms with E-state index in [0.717, 1.165) is 23.2 Å². The van der Waals surface area contributed by atoms with Crippen LogP contribution in [0.2, 0.25) is 0 Å². The van der Waals surface area contributed by atoms with Gasteiger partial charge in [0.15, 0.2) is 0 Å². The van der Waals surface area contributed by atoms with Crippen molar-refractivity contribution in [2.24, 2.45) is 0 Å². The maximum Gasteiger partial charge on any atom is 0.332 e. The van der Waals surface area contributed by atoms with Crippen LogP contribution in [0.1, 0.15) is 24.0 Å². The van der Waals surface area contributed by atoms with E-state index in [0.29, 0.717) is 25.8 Å². The lowest BCUT2D eigenvalue weighted by Crippen LogP contribution is -2.39. The van der Waals surface area contributed by atoms with Gasteiger partial charge in [-0.25, -0.2) is 0 Å². The maximum absolute atomic E-state index is 13.1. The molecule has 1 amide bonds. The van der Waals surface area contributed by atoms with E-state index in [-0.39, 0.29) is 10.8 Å². The van der Waals surface area contributed by atoms with E-state index in [1.54, 1.807) is 4.90 Å². The van der Waals surface area contributed by atoms with Crippen LogP contribution >= 0.6 is 0 Å². The number of benzene rings is 1. The number of hydrogen-bond donors (Lipinski definition) is 0. The van der Waals surface area contributed by atoms with Crippen molar-refractivity contribution < 1.29 is 17.1 Å². The number of halogens is 1. The minimum absolute atomic E-state index is 0.0688. The lowest BCUT2D eigenvalue weighted by Gasteiger charge is -2.35. The summed E-state index contributed by atoms with van der Waals surface area (Å²) in [5.41, 5.74) is 2.34. The summed E-state index contributed by atoms with van der Waals surface area (Å²) in [6.07, 6.45) is 2.33.